The largest absolute Gasteiger partial charge is 0.497 e. The van der Waals surface area contributed by atoms with Gasteiger partial charge in [-0.3, -0.25) is 14.5 Å². The molecule has 2 aromatic carbocycles. The molecule has 0 spiro atoms. The molecule has 26 heavy (non-hydrogen) atoms. The van der Waals surface area contributed by atoms with Crippen LogP contribution >= 0.6 is 23.5 Å². The van der Waals surface area contributed by atoms with Crippen LogP contribution in [0.15, 0.2) is 68.1 Å². The average Bonchev–Trinajstić information content (AvgIpc) is 2.87. The summed E-state index contributed by atoms with van der Waals surface area (Å²) in [6.07, 6.45) is 0. The Morgan fingerprint density at radius 2 is 1.04 bits per heavy atom. The number of carbonyl (C=O) groups excluding carboxylic acids is 2. The number of hydrogen-bond donors (Lipinski definition) is 0. The molecule has 2 amide bonds. The Hall–Kier alpha value is -2.38. The predicted molar refractivity (Wildman–Crippen MR) is 103 cm³/mol. The third-order valence-electron chi connectivity index (χ3n) is 3.76. The van der Waals surface area contributed by atoms with E-state index >= 15 is 0 Å². The minimum atomic E-state index is -0.285. The number of imide groups is 1. The van der Waals surface area contributed by atoms with Crippen molar-refractivity contribution < 1.29 is 19.1 Å². The molecule has 1 aliphatic heterocycles. The van der Waals surface area contributed by atoms with E-state index in [9.17, 15) is 9.59 Å². The first-order valence-corrected chi connectivity index (χ1v) is 9.37. The summed E-state index contributed by atoms with van der Waals surface area (Å²) in [6, 6.07) is 14.7. The number of methoxy groups -OCH3 is 2. The molecule has 0 N–H and O–H groups in total. The Balaban J connectivity index is 1.89. The molecule has 0 atom stereocenters. The Kier molecular flexibility index (Phi) is 5.58. The van der Waals surface area contributed by atoms with E-state index in [4.69, 9.17) is 9.47 Å². The highest BCUT2D eigenvalue weighted by molar-refractivity contribution is 8.08. The second-order valence-corrected chi connectivity index (χ2v) is 7.55. The highest BCUT2D eigenvalue weighted by atomic mass is 32.2. The molecular weight excluding hydrogens is 370 g/mol. The van der Waals surface area contributed by atoms with Gasteiger partial charge in [0.1, 0.15) is 11.5 Å². The zero-order chi connectivity index (χ0) is 18.7. The molecule has 2 aromatic rings. The third kappa shape index (κ3) is 3.73. The van der Waals surface area contributed by atoms with E-state index < -0.39 is 0 Å². The van der Waals surface area contributed by atoms with Gasteiger partial charge >= 0.3 is 0 Å². The van der Waals surface area contributed by atoms with Gasteiger partial charge in [-0.1, -0.05) is 23.5 Å². The zero-order valence-corrected chi connectivity index (χ0v) is 16.1. The molecule has 0 unspecified atom stereocenters. The van der Waals surface area contributed by atoms with E-state index in [1.54, 1.807) is 14.2 Å². The predicted octanol–water partition coefficient (Wildman–Crippen LogP) is 3.80. The summed E-state index contributed by atoms with van der Waals surface area (Å²) >= 11 is 2.58. The fourth-order valence-corrected chi connectivity index (χ4v) is 4.37. The van der Waals surface area contributed by atoms with Crippen LogP contribution in [-0.2, 0) is 9.59 Å². The summed E-state index contributed by atoms with van der Waals surface area (Å²) in [7, 11) is 4.70. The molecule has 0 fully saturated rings. The quantitative estimate of drug-likeness (QED) is 0.703. The number of nitrogens with zero attached hydrogens (tertiary/aromatic N) is 1. The van der Waals surface area contributed by atoms with E-state index in [0.717, 1.165) is 26.2 Å². The minimum Gasteiger partial charge on any atom is -0.497 e. The van der Waals surface area contributed by atoms with E-state index in [1.165, 1.54) is 30.6 Å². The molecule has 0 bridgehead atoms. The maximum absolute atomic E-state index is 12.5. The van der Waals surface area contributed by atoms with Crippen LogP contribution in [0.25, 0.3) is 0 Å². The fourth-order valence-electron chi connectivity index (χ4n) is 2.29. The molecule has 3 rings (SSSR count). The second-order valence-electron chi connectivity index (χ2n) is 5.38. The topological polar surface area (TPSA) is 55.8 Å². The molecule has 0 aliphatic carbocycles. The SMILES string of the molecule is COc1ccc(SC2=C(Sc3ccc(OC)cc3)C(=O)N(C)C2=O)cc1. The van der Waals surface area contributed by atoms with Gasteiger partial charge in [0.05, 0.1) is 24.0 Å². The highest BCUT2D eigenvalue weighted by Gasteiger charge is 2.37. The summed E-state index contributed by atoms with van der Waals surface area (Å²) in [5.41, 5.74) is 0. The molecule has 7 heteroatoms. The number of benzene rings is 2. The molecule has 1 heterocycles. The lowest BCUT2D eigenvalue weighted by Crippen LogP contribution is -2.26. The van der Waals surface area contributed by atoms with Crippen molar-refractivity contribution in [3.8, 4) is 11.5 Å². The lowest BCUT2D eigenvalue weighted by atomic mass is 10.3. The molecule has 0 saturated heterocycles. The molecule has 134 valence electrons. The highest BCUT2D eigenvalue weighted by Crippen LogP contribution is 2.42. The van der Waals surface area contributed by atoms with Crippen LogP contribution in [0.5, 0.6) is 11.5 Å². The Bertz CT molecular complexity index is 789. The standard InChI is InChI=1S/C19H17NO4S2/c1-20-18(21)16(25-14-8-4-12(23-2)5-9-14)17(19(20)22)26-15-10-6-13(24-3)7-11-15/h4-11H,1-3H3. The lowest BCUT2D eigenvalue weighted by Gasteiger charge is -2.06. The summed E-state index contributed by atoms with van der Waals surface area (Å²) in [4.78, 5) is 28.8. The molecule has 1 aliphatic rings. The number of thioether (sulfide) groups is 2. The molecule has 0 radical (unpaired) electrons. The van der Waals surface area contributed by atoms with Gasteiger partial charge in [-0.05, 0) is 48.5 Å². The monoisotopic (exact) mass is 387 g/mol. The number of rotatable bonds is 6. The average molecular weight is 387 g/mol. The van der Waals surface area contributed by atoms with Crippen molar-refractivity contribution in [1.29, 1.82) is 0 Å². The summed E-state index contributed by atoms with van der Waals surface area (Å²) in [6.45, 7) is 0. The maximum atomic E-state index is 12.5. The Morgan fingerprint density at radius 3 is 1.35 bits per heavy atom. The van der Waals surface area contributed by atoms with Crippen LogP contribution in [0.3, 0.4) is 0 Å². The van der Waals surface area contributed by atoms with Gasteiger partial charge in [-0.2, -0.15) is 0 Å². The van der Waals surface area contributed by atoms with Gasteiger partial charge in [-0.15, -0.1) is 0 Å². The first kappa shape index (κ1) is 18.4. The van der Waals surface area contributed by atoms with Crippen LogP contribution in [0.4, 0.5) is 0 Å². The summed E-state index contributed by atoms with van der Waals surface area (Å²) in [5, 5.41) is 0. The van der Waals surface area contributed by atoms with Gasteiger partial charge in [-0.25, -0.2) is 0 Å². The third-order valence-corrected chi connectivity index (χ3v) is 6.07. The smallest absolute Gasteiger partial charge is 0.268 e. The van der Waals surface area contributed by atoms with Crippen molar-refractivity contribution in [3.05, 3.63) is 58.3 Å². The van der Waals surface area contributed by atoms with Crippen LogP contribution in [0.1, 0.15) is 0 Å². The van der Waals surface area contributed by atoms with Gasteiger partial charge < -0.3 is 9.47 Å². The summed E-state index contributed by atoms with van der Waals surface area (Å²) in [5.74, 6) is 0.905. The molecule has 5 nitrogen and oxygen atoms in total. The van der Waals surface area contributed by atoms with Crippen molar-refractivity contribution in [2.45, 2.75) is 9.79 Å². The van der Waals surface area contributed by atoms with Crippen molar-refractivity contribution >= 4 is 35.3 Å². The van der Waals surface area contributed by atoms with Gasteiger partial charge in [0, 0.05) is 16.8 Å². The van der Waals surface area contributed by atoms with Gasteiger partial charge in [0.2, 0.25) is 0 Å². The molecule has 0 saturated carbocycles. The normalized spacial score (nSPS) is 14.2. The van der Waals surface area contributed by atoms with Crippen molar-refractivity contribution in [3.63, 3.8) is 0 Å². The van der Waals surface area contributed by atoms with Crippen molar-refractivity contribution in [2.24, 2.45) is 0 Å². The van der Waals surface area contributed by atoms with Gasteiger partial charge in [0.25, 0.3) is 11.8 Å². The van der Waals surface area contributed by atoms with Crippen molar-refractivity contribution in [2.75, 3.05) is 21.3 Å². The fraction of sp³-hybridized carbons (Fsp3) is 0.158. The number of hydrogen-bond acceptors (Lipinski definition) is 6. The molecular formula is C19H17NO4S2. The first-order chi connectivity index (χ1) is 12.5. The summed E-state index contributed by atoms with van der Waals surface area (Å²) < 4.78 is 10.3. The lowest BCUT2D eigenvalue weighted by molar-refractivity contribution is -0.135. The zero-order valence-electron chi connectivity index (χ0n) is 14.5. The number of ether oxygens (including phenoxy) is 2. The maximum Gasteiger partial charge on any atom is 0.268 e. The van der Waals surface area contributed by atoms with E-state index in [2.05, 4.69) is 0 Å². The van der Waals surface area contributed by atoms with Crippen LogP contribution in [-0.4, -0.2) is 38.0 Å². The van der Waals surface area contributed by atoms with Crippen molar-refractivity contribution in [1.82, 2.24) is 4.90 Å². The van der Waals surface area contributed by atoms with Crippen LogP contribution in [0, 0.1) is 0 Å². The van der Waals surface area contributed by atoms with E-state index in [-0.39, 0.29) is 11.8 Å². The minimum absolute atomic E-state index is 0.285. The Morgan fingerprint density at radius 1 is 0.692 bits per heavy atom. The van der Waals surface area contributed by atoms with E-state index in [1.807, 2.05) is 48.5 Å². The van der Waals surface area contributed by atoms with Crippen LogP contribution < -0.4 is 9.47 Å². The molecule has 0 aromatic heterocycles. The second kappa shape index (κ2) is 7.88. The van der Waals surface area contributed by atoms with E-state index in [0.29, 0.717) is 9.81 Å². The number of likely N-dealkylation sites (N-methyl/N-ethyl adjacent to an activating group) is 1. The number of amides is 2. The first-order valence-electron chi connectivity index (χ1n) is 7.74. The number of carbonyl (C=O) groups is 2. The van der Waals surface area contributed by atoms with Crippen LogP contribution in [0.2, 0.25) is 0 Å². The Labute approximate surface area is 160 Å². The van der Waals surface area contributed by atoms with Gasteiger partial charge in [0.15, 0.2) is 0 Å².